The Morgan fingerprint density at radius 3 is 2.68 bits per heavy atom. The number of aryl methyl sites for hydroxylation is 2. The van der Waals surface area contributed by atoms with Crippen LogP contribution in [0.3, 0.4) is 0 Å². The molecule has 5 nitrogen and oxygen atoms in total. The fourth-order valence-electron chi connectivity index (χ4n) is 3.68. The number of aliphatic hydroxyl groups is 1. The molecule has 0 bridgehead atoms. The van der Waals surface area contributed by atoms with Gasteiger partial charge >= 0.3 is 0 Å². The Morgan fingerprint density at radius 2 is 2.04 bits per heavy atom. The fraction of sp³-hybridized carbons (Fsp3) is 0.500. The minimum atomic E-state index is -0.927. The summed E-state index contributed by atoms with van der Waals surface area (Å²) in [5.74, 6) is -0.121. The van der Waals surface area contributed by atoms with Gasteiger partial charge in [-0.05, 0) is 58.6 Å². The summed E-state index contributed by atoms with van der Waals surface area (Å²) in [6.45, 7) is 7.83. The van der Waals surface area contributed by atoms with Gasteiger partial charge in [0.15, 0.2) is 5.69 Å². The lowest BCUT2D eigenvalue weighted by Crippen LogP contribution is -2.40. The van der Waals surface area contributed by atoms with Crippen molar-refractivity contribution in [3.05, 3.63) is 46.3 Å². The number of rotatable bonds is 4. The first-order chi connectivity index (χ1) is 11.7. The van der Waals surface area contributed by atoms with Crippen LogP contribution < -0.4 is 0 Å². The third-order valence-electron chi connectivity index (χ3n) is 4.68. The molecular formula is C20H27N3O2. The van der Waals surface area contributed by atoms with Gasteiger partial charge in [0.05, 0.1) is 11.3 Å². The van der Waals surface area contributed by atoms with E-state index < -0.39 is 5.60 Å². The Balaban J connectivity index is 2.02. The molecule has 0 unspecified atom stereocenters. The maximum Gasteiger partial charge on any atom is 0.274 e. The summed E-state index contributed by atoms with van der Waals surface area (Å²) in [7, 11) is 1.72. The van der Waals surface area contributed by atoms with Crippen LogP contribution in [0.5, 0.6) is 0 Å². The monoisotopic (exact) mass is 341 g/mol. The van der Waals surface area contributed by atoms with Crippen LogP contribution in [-0.4, -0.2) is 44.9 Å². The minimum Gasteiger partial charge on any atom is -0.389 e. The van der Waals surface area contributed by atoms with Crippen LogP contribution in [0.4, 0.5) is 0 Å². The van der Waals surface area contributed by atoms with Crippen molar-refractivity contribution in [3.8, 4) is 5.69 Å². The summed E-state index contributed by atoms with van der Waals surface area (Å²) in [4.78, 5) is 14.5. The van der Waals surface area contributed by atoms with Gasteiger partial charge in [-0.1, -0.05) is 17.7 Å². The first-order valence-corrected chi connectivity index (χ1v) is 8.83. The van der Waals surface area contributed by atoms with Crippen LogP contribution in [0.1, 0.15) is 53.1 Å². The highest BCUT2D eigenvalue weighted by atomic mass is 16.3. The van der Waals surface area contributed by atoms with E-state index in [4.69, 9.17) is 0 Å². The van der Waals surface area contributed by atoms with Crippen molar-refractivity contribution in [2.75, 3.05) is 13.6 Å². The zero-order valence-corrected chi connectivity index (χ0v) is 15.8. The molecule has 1 aromatic carbocycles. The summed E-state index contributed by atoms with van der Waals surface area (Å²) in [5, 5.41) is 14.7. The molecule has 0 atom stereocenters. The second kappa shape index (κ2) is 6.30. The first-order valence-electron chi connectivity index (χ1n) is 8.83. The molecule has 1 amide bonds. The van der Waals surface area contributed by atoms with Crippen LogP contribution in [-0.2, 0) is 12.8 Å². The Hall–Kier alpha value is -2.14. The van der Waals surface area contributed by atoms with E-state index in [1.165, 1.54) is 5.56 Å². The van der Waals surface area contributed by atoms with Crippen molar-refractivity contribution in [2.24, 2.45) is 0 Å². The fourth-order valence-corrected chi connectivity index (χ4v) is 3.68. The maximum absolute atomic E-state index is 12.9. The number of carbonyl (C=O) groups excluding carboxylic acids is 1. The van der Waals surface area contributed by atoms with E-state index in [1.54, 1.807) is 25.8 Å². The van der Waals surface area contributed by atoms with E-state index in [9.17, 15) is 9.90 Å². The number of benzene rings is 1. The molecule has 3 rings (SSSR count). The number of carbonyl (C=O) groups is 1. The van der Waals surface area contributed by atoms with E-state index in [-0.39, 0.29) is 12.5 Å². The summed E-state index contributed by atoms with van der Waals surface area (Å²) >= 11 is 0. The Bertz CT molecular complexity index is 815. The topological polar surface area (TPSA) is 58.4 Å². The van der Waals surface area contributed by atoms with E-state index in [0.717, 1.165) is 41.8 Å². The molecule has 0 aliphatic heterocycles. The standard InChI is InChI=1S/C20H27N3O2/c1-13-9-10-16(14(2)11-13)23-17-8-6-7-15(17)18(21-23)19(24)22(5)12-20(3,4)25/h9-11,25H,6-8,12H2,1-5H3. The largest absolute Gasteiger partial charge is 0.389 e. The molecule has 0 spiro atoms. The lowest BCUT2D eigenvalue weighted by molar-refractivity contribution is 0.0364. The van der Waals surface area contributed by atoms with Crippen LogP contribution in [0, 0.1) is 13.8 Å². The van der Waals surface area contributed by atoms with Crippen LogP contribution in [0.2, 0.25) is 0 Å². The van der Waals surface area contributed by atoms with Gasteiger partial charge in [-0.25, -0.2) is 4.68 Å². The average Bonchev–Trinajstić information content (AvgIpc) is 3.07. The molecule has 25 heavy (non-hydrogen) atoms. The summed E-state index contributed by atoms with van der Waals surface area (Å²) in [6.07, 6.45) is 2.88. The lowest BCUT2D eigenvalue weighted by atomic mass is 10.1. The molecule has 1 heterocycles. The van der Waals surface area contributed by atoms with Crippen molar-refractivity contribution in [2.45, 2.75) is 52.6 Å². The number of amides is 1. The second-order valence-electron chi connectivity index (χ2n) is 7.80. The number of hydrogen-bond acceptors (Lipinski definition) is 3. The maximum atomic E-state index is 12.9. The molecule has 0 saturated heterocycles. The molecule has 0 fully saturated rings. The van der Waals surface area contributed by atoms with Gasteiger partial charge in [-0.15, -0.1) is 0 Å². The molecular weight excluding hydrogens is 314 g/mol. The number of aromatic nitrogens is 2. The second-order valence-corrected chi connectivity index (χ2v) is 7.80. The van der Waals surface area contributed by atoms with Crippen LogP contribution >= 0.6 is 0 Å². The number of likely N-dealkylation sites (N-methyl/N-ethyl adjacent to an activating group) is 1. The molecule has 1 aromatic heterocycles. The van der Waals surface area contributed by atoms with Gasteiger partial charge in [0.1, 0.15) is 0 Å². The molecule has 1 aliphatic carbocycles. The van der Waals surface area contributed by atoms with Crippen LogP contribution in [0.25, 0.3) is 5.69 Å². The van der Waals surface area contributed by atoms with E-state index in [0.29, 0.717) is 5.69 Å². The highest BCUT2D eigenvalue weighted by molar-refractivity contribution is 5.94. The van der Waals surface area contributed by atoms with Gasteiger partial charge in [-0.2, -0.15) is 5.10 Å². The van der Waals surface area contributed by atoms with Crippen molar-refractivity contribution in [3.63, 3.8) is 0 Å². The van der Waals surface area contributed by atoms with E-state index in [1.807, 2.05) is 4.68 Å². The van der Waals surface area contributed by atoms with Gasteiger partial charge in [0.2, 0.25) is 0 Å². The van der Waals surface area contributed by atoms with Gasteiger partial charge in [0, 0.05) is 24.8 Å². The van der Waals surface area contributed by atoms with Gasteiger partial charge in [-0.3, -0.25) is 4.79 Å². The zero-order chi connectivity index (χ0) is 18.4. The Morgan fingerprint density at radius 1 is 1.32 bits per heavy atom. The van der Waals surface area contributed by atoms with Gasteiger partial charge < -0.3 is 10.0 Å². The smallest absolute Gasteiger partial charge is 0.274 e. The summed E-state index contributed by atoms with van der Waals surface area (Å²) in [6, 6.07) is 6.29. The third-order valence-corrected chi connectivity index (χ3v) is 4.68. The zero-order valence-electron chi connectivity index (χ0n) is 15.8. The summed E-state index contributed by atoms with van der Waals surface area (Å²) in [5.41, 5.74) is 5.21. The number of nitrogens with zero attached hydrogens (tertiary/aromatic N) is 3. The molecule has 0 radical (unpaired) electrons. The van der Waals surface area contributed by atoms with Crippen LogP contribution in [0.15, 0.2) is 18.2 Å². The first kappa shape index (κ1) is 17.7. The SMILES string of the molecule is Cc1ccc(-n2nc(C(=O)N(C)CC(C)(C)O)c3c2CCC3)c(C)c1. The lowest BCUT2D eigenvalue weighted by Gasteiger charge is -2.25. The van der Waals surface area contributed by atoms with Crippen molar-refractivity contribution in [1.82, 2.24) is 14.7 Å². The molecule has 5 heteroatoms. The number of fused-ring (bicyclic) bond motifs is 1. The highest BCUT2D eigenvalue weighted by Crippen LogP contribution is 2.29. The number of hydrogen-bond donors (Lipinski definition) is 1. The van der Waals surface area contributed by atoms with Gasteiger partial charge in [0.25, 0.3) is 5.91 Å². The molecule has 2 aromatic rings. The molecule has 134 valence electrons. The van der Waals surface area contributed by atoms with Crippen molar-refractivity contribution >= 4 is 5.91 Å². The molecule has 1 N–H and O–H groups in total. The molecule has 0 saturated carbocycles. The van der Waals surface area contributed by atoms with Crippen molar-refractivity contribution in [1.29, 1.82) is 0 Å². The van der Waals surface area contributed by atoms with E-state index >= 15 is 0 Å². The normalized spacial score (nSPS) is 13.8. The average molecular weight is 341 g/mol. The minimum absolute atomic E-state index is 0.121. The van der Waals surface area contributed by atoms with Crippen molar-refractivity contribution < 1.29 is 9.90 Å². The van der Waals surface area contributed by atoms with E-state index in [2.05, 4.69) is 37.1 Å². The Labute approximate surface area is 149 Å². The Kier molecular flexibility index (Phi) is 4.45. The quantitative estimate of drug-likeness (QED) is 0.930. The molecule has 1 aliphatic rings. The summed E-state index contributed by atoms with van der Waals surface area (Å²) < 4.78 is 1.95. The highest BCUT2D eigenvalue weighted by Gasteiger charge is 2.30. The third kappa shape index (κ3) is 3.47. The predicted octanol–water partition coefficient (Wildman–Crippen LogP) is 2.82. The predicted molar refractivity (Wildman–Crippen MR) is 98.3 cm³/mol.